The fourth-order valence-corrected chi connectivity index (χ4v) is 5.54. The maximum absolute atomic E-state index is 12.3. The average Bonchev–Trinajstić information content (AvgIpc) is 2.83. The Balaban J connectivity index is 2.67. The van der Waals surface area contributed by atoms with Crippen LogP contribution < -0.4 is 10.0 Å². The number of nitrogens with zero attached hydrogens (tertiary/aromatic N) is 1. The number of rotatable bonds is 10. The number of nitrogens with one attached hydrogen (secondary N) is 2. The molecule has 0 saturated carbocycles. The van der Waals surface area contributed by atoms with Crippen LogP contribution in [0.25, 0.3) is 0 Å². The van der Waals surface area contributed by atoms with Gasteiger partial charge in [0.2, 0.25) is 10.0 Å². The van der Waals surface area contributed by atoms with E-state index in [0.29, 0.717) is 21.8 Å². The topological polar surface area (TPSA) is 61.4 Å². The van der Waals surface area contributed by atoms with Gasteiger partial charge >= 0.3 is 0 Å². The minimum atomic E-state index is -3.45. The quantitative estimate of drug-likeness (QED) is 0.635. The summed E-state index contributed by atoms with van der Waals surface area (Å²) in [4.78, 5) is 3.52. The number of hydrogen-bond donors (Lipinski definition) is 2. The standard InChI is InChI=1S/C13H24BrN3O2S2/c1-4-15-10-11-9-12(13(14)20-11)21(18,19)16-7-8-17(5-2)6-3/h9,15-16H,4-8,10H2,1-3H3. The zero-order chi connectivity index (χ0) is 15.9. The molecule has 122 valence electrons. The minimum absolute atomic E-state index is 0.333. The van der Waals surface area contributed by atoms with Gasteiger partial charge in [0.25, 0.3) is 0 Å². The maximum Gasteiger partial charge on any atom is 0.242 e. The zero-order valence-electron chi connectivity index (χ0n) is 12.8. The monoisotopic (exact) mass is 397 g/mol. The molecule has 21 heavy (non-hydrogen) atoms. The van der Waals surface area contributed by atoms with Crippen molar-refractivity contribution in [2.75, 3.05) is 32.7 Å². The third-order valence-corrected chi connectivity index (χ3v) is 6.87. The van der Waals surface area contributed by atoms with E-state index in [4.69, 9.17) is 0 Å². The van der Waals surface area contributed by atoms with E-state index < -0.39 is 10.0 Å². The predicted molar refractivity (Wildman–Crippen MR) is 92.4 cm³/mol. The molecule has 1 aromatic heterocycles. The SMILES string of the molecule is CCNCc1cc(S(=O)(=O)NCCN(CC)CC)c(Br)s1. The Kier molecular flexibility index (Phi) is 8.36. The molecule has 0 amide bonds. The van der Waals surface area contributed by atoms with Crippen molar-refractivity contribution in [1.29, 1.82) is 0 Å². The Morgan fingerprint density at radius 3 is 2.52 bits per heavy atom. The Morgan fingerprint density at radius 2 is 1.95 bits per heavy atom. The molecule has 0 aliphatic rings. The van der Waals surface area contributed by atoms with Gasteiger partial charge in [0.05, 0.1) is 3.79 Å². The van der Waals surface area contributed by atoms with Crippen LogP contribution in [0, 0.1) is 0 Å². The molecule has 0 atom stereocenters. The second-order valence-electron chi connectivity index (χ2n) is 4.56. The molecule has 0 spiro atoms. The fourth-order valence-electron chi connectivity index (χ4n) is 1.87. The summed E-state index contributed by atoms with van der Waals surface area (Å²) in [5, 5.41) is 3.20. The zero-order valence-corrected chi connectivity index (χ0v) is 16.0. The van der Waals surface area contributed by atoms with Crippen LogP contribution in [0.15, 0.2) is 14.7 Å². The lowest BCUT2D eigenvalue weighted by atomic mass is 10.4. The van der Waals surface area contributed by atoms with Crippen LogP contribution in [0.1, 0.15) is 25.6 Å². The van der Waals surface area contributed by atoms with E-state index in [9.17, 15) is 8.42 Å². The third-order valence-electron chi connectivity index (χ3n) is 3.16. The van der Waals surface area contributed by atoms with Gasteiger partial charge in [-0.2, -0.15) is 0 Å². The number of halogens is 1. The Bertz CT molecular complexity index is 528. The second-order valence-corrected chi connectivity index (χ2v) is 8.75. The lowest BCUT2D eigenvalue weighted by Gasteiger charge is -2.17. The summed E-state index contributed by atoms with van der Waals surface area (Å²) in [5.74, 6) is 0. The predicted octanol–water partition coefficient (Wildman–Crippen LogP) is 2.24. The summed E-state index contributed by atoms with van der Waals surface area (Å²) in [6, 6.07) is 1.73. The van der Waals surface area contributed by atoms with Gasteiger partial charge in [0.15, 0.2) is 0 Å². The lowest BCUT2D eigenvalue weighted by molar-refractivity contribution is 0.309. The molecule has 1 rings (SSSR count). The molecular formula is C13H24BrN3O2S2. The average molecular weight is 398 g/mol. The first kappa shape index (κ1) is 19.1. The molecule has 5 nitrogen and oxygen atoms in total. The molecular weight excluding hydrogens is 374 g/mol. The van der Waals surface area contributed by atoms with Crippen molar-refractivity contribution in [3.63, 3.8) is 0 Å². The number of thiophene rings is 1. The first-order valence-electron chi connectivity index (χ1n) is 7.15. The molecule has 0 unspecified atom stereocenters. The van der Waals surface area contributed by atoms with Gasteiger partial charge in [-0.1, -0.05) is 20.8 Å². The van der Waals surface area contributed by atoms with Crippen LogP contribution >= 0.6 is 27.3 Å². The van der Waals surface area contributed by atoms with E-state index in [0.717, 1.165) is 31.1 Å². The van der Waals surface area contributed by atoms with Crippen molar-refractivity contribution >= 4 is 37.3 Å². The van der Waals surface area contributed by atoms with E-state index in [-0.39, 0.29) is 0 Å². The van der Waals surface area contributed by atoms with Gasteiger partial charge in [0.1, 0.15) is 4.90 Å². The van der Waals surface area contributed by atoms with Gasteiger partial charge in [-0.05, 0) is 41.6 Å². The van der Waals surface area contributed by atoms with Crippen LogP contribution in [0.3, 0.4) is 0 Å². The molecule has 0 aromatic carbocycles. The summed E-state index contributed by atoms with van der Waals surface area (Å²) in [5.41, 5.74) is 0. The highest BCUT2D eigenvalue weighted by Gasteiger charge is 2.20. The number of likely N-dealkylation sites (N-methyl/N-ethyl adjacent to an activating group) is 1. The van der Waals surface area contributed by atoms with E-state index in [1.165, 1.54) is 11.3 Å². The van der Waals surface area contributed by atoms with Crippen molar-refractivity contribution in [2.24, 2.45) is 0 Å². The second kappa shape index (κ2) is 9.22. The van der Waals surface area contributed by atoms with E-state index in [1.807, 2.05) is 6.92 Å². The fraction of sp³-hybridized carbons (Fsp3) is 0.692. The van der Waals surface area contributed by atoms with Gasteiger partial charge in [0, 0.05) is 24.5 Å². The van der Waals surface area contributed by atoms with Gasteiger partial charge in [-0.25, -0.2) is 13.1 Å². The molecule has 0 fully saturated rings. The lowest BCUT2D eigenvalue weighted by Crippen LogP contribution is -2.34. The first-order valence-corrected chi connectivity index (χ1v) is 10.2. The molecule has 1 heterocycles. The highest BCUT2D eigenvalue weighted by molar-refractivity contribution is 9.11. The molecule has 0 bridgehead atoms. The molecule has 2 N–H and O–H groups in total. The van der Waals surface area contributed by atoms with E-state index in [2.05, 4.69) is 44.7 Å². The van der Waals surface area contributed by atoms with Crippen molar-refractivity contribution in [2.45, 2.75) is 32.2 Å². The van der Waals surface area contributed by atoms with Crippen LogP contribution in [-0.2, 0) is 16.6 Å². The summed E-state index contributed by atoms with van der Waals surface area (Å²) < 4.78 is 28.0. The van der Waals surface area contributed by atoms with Crippen molar-refractivity contribution in [3.05, 3.63) is 14.7 Å². The summed E-state index contributed by atoms with van der Waals surface area (Å²) in [6.07, 6.45) is 0. The maximum atomic E-state index is 12.3. The first-order chi connectivity index (χ1) is 9.94. The van der Waals surface area contributed by atoms with Crippen molar-refractivity contribution in [1.82, 2.24) is 14.9 Å². The Labute approximate surface area is 140 Å². The summed E-state index contributed by atoms with van der Waals surface area (Å²) in [6.45, 7) is 10.7. The normalized spacial score (nSPS) is 12.2. The molecule has 8 heteroatoms. The number of hydrogen-bond acceptors (Lipinski definition) is 5. The highest BCUT2D eigenvalue weighted by Crippen LogP contribution is 2.31. The van der Waals surface area contributed by atoms with Gasteiger partial charge < -0.3 is 10.2 Å². The van der Waals surface area contributed by atoms with Gasteiger partial charge in [-0.3, -0.25) is 0 Å². The summed E-state index contributed by atoms with van der Waals surface area (Å²) in [7, 11) is -3.45. The van der Waals surface area contributed by atoms with E-state index in [1.54, 1.807) is 6.07 Å². The minimum Gasteiger partial charge on any atom is -0.312 e. The van der Waals surface area contributed by atoms with Crippen molar-refractivity contribution in [3.8, 4) is 0 Å². The molecule has 0 aliphatic carbocycles. The summed E-state index contributed by atoms with van der Waals surface area (Å²) >= 11 is 4.81. The van der Waals surface area contributed by atoms with Crippen LogP contribution in [-0.4, -0.2) is 46.0 Å². The van der Waals surface area contributed by atoms with Crippen LogP contribution in [0.2, 0.25) is 0 Å². The Hall–Kier alpha value is 0.01000. The molecule has 1 aromatic rings. The Morgan fingerprint density at radius 1 is 1.29 bits per heavy atom. The van der Waals surface area contributed by atoms with Gasteiger partial charge in [-0.15, -0.1) is 11.3 Å². The highest BCUT2D eigenvalue weighted by atomic mass is 79.9. The molecule has 0 saturated heterocycles. The molecule has 0 aliphatic heterocycles. The van der Waals surface area contributed by atoms with Crippen LogP contribution in [0.4, 0.5) is 0 Å². The smallest absolute Gasteiger partial charge is 0.242 e. The van der Waals surface area contributed by atoms with E-state index >= 15 is 0 Å². The van der Waals surface area contributed by atoms with Crippen molar-refractivity contribution < 1.29 is 8.42 Å². The molecule has 0 radical (unpaired) electrons. The third kappa shape index (κ3) is 5.96. The van der Waals surface area contributed by atoms with Crippen LogP contribution in [0.5, 0.6) is 0 Å². The number of sulfonamides is 1. The largest absolute Gasteiger partial charge is 0.312 e.